The van der Waals surface area contributed by atoms with E-state index in [9.17, 15) is 4.57 Å². The second-order valence-electron chi connectivity index (χ2n) is 8.70. The van der Waals surface area contributed by atoms with Crippen LogP contribution in [0.4, 0.5) is 5.82 Å². The molecule has 5 atom stereocenters. The SMILES string of the molecule is CCOP(=O)(CO[C@@]12C[C@@H]1[C@@H](n1cnc3c(N)ncnc31)[C@](C)(OCOC)C2OCOC)OCC. The summed E-state index contributed by atoms with van der Waals surface area (Å²) in [5, 5.41) is 0. The maximum Gasteiger partial charge on any atom is 0.356 e. The minimum Gasteiger partial charge on any atom is -0.382 e. The molecular formula is C21H34N5O8P. The number of fused-ring (bicyclic) bond motifs is 2. The Morgan fingerprint density at radius 1 is 1.11 bits per heavy atom. The van der Waals surface area contributed by atoms with Crippen molar-refractivity contribution in [2.75, 3.05) is 53.1 Å². The fourth-order valence-electron chi connectivity index (χ4n) is 5.28. The van der Waals surface area contributed by atoms with Crippen LogP contribution in [0.15, 0.2) is 12.7 Å². The molecule has 0 aliphatic heterocycles. The first-order valence-corrected chi connectivity index (χ1v) is 13.2. The Balaban J connectivity index is 1.74. The molecule has 2 fully saturated rings. The number of nitrogens with zero attached hydrogens (tertiary/aromatic N) is 4. The summed E-state index contributed by atoms with van der Waals surface area (Å²) < 4.78 is 55.3. The zero-order chi connectivity index (χ0) is 25.3. The van der Waals surface area contributed by atoms with E-state index in [0.717, 1.165) is 0 Å². The zero-order valence-electron chi connectivity index (χ0n) is 20.7. The lowest BCUT2D eigenvalue weighted by Gasteiger charge is -2.40. The quantitative estimate of drug-likeness (QED) is 0.290. The Labute approximate surface area is 204 Å². The molecule has 2 heterocycles. The van der Waals surface area contributed by atoms with E-state index in [0.29, 0.717) is 17.6 Å². The van der Waals surface area contributed by atoms with Crippen molar-refractivity contribution in [1.29, 1.82) is 0 Å². The topological polar surface area (TPSA) is 151 Å². The monoisotopic (exact) mass is 515 g/mol. The van der Waals surface area contributed by atoms with E-state index in [4.69, 9.17) is 38.5 Å². The number of anilines is 1. The van der Waals surface area contributed by atoms with Crippen LogP contribution in [0.25, 0.3) is 11.2 Å². The number of imidazole rings is 1. The molecule has 2 aliphatic rings. The van der Waals surface area contributed by atoms with Crippen LogP contribution in [0.1, 0.15) is 33.2 Å². The molecule has 0 aromatic carbocycles. The summed E-state index contributed by atoms with van der Waals surface area (Å²) in [7, 11) is -0.371. The maximum atomic E-state index is 13.2. The van der Waals surface area contributed by atoms with Crippen LogP contribution < -0.4 is 5.73 Å². The van der Waals surface area contributed by atoms with Gasteiger partial charge in [0, 0.05) is 20.1 Å². The summed E-state index contributed by atoms with van der Waals surface area (Å²) in [4.78, 5) is 12.9. The number of ether oxygens (including phenoxy) is 5. The fraction of sp³-hybridized carbons (Fsp3) is 0.762. The van der Waals surface area contributed by atoms with Crippen molar-refractivity contribution in [3.63, 3.8) is 0 Å². The van der Waals surface area contributed by atoms with E-state index in [-0.39, 0.29) is 50.9 Å². The van der Waals surface area contributed by atoms with Gasteiger partial charge in [-0.05, 0) is 27.2 Å². The van der Waals surface area contributed by atoms with Gasteiger partial charge in [0.1, 0.15) is 49.1 Å². The van der Waals surface area contributed by atoms with Gasteiger partial charge in [0.25, 0.3) is 0 Å². The third-order valence-corrected chi connectivity index (χ3v) is 8.36. The normalized spacial score (nSPS) is 30.1. The zero-order valence-corrected chi connectivity index (χ0v) is 21.6. The van der Waals surface area contributed by atoms with Crippen LogP contribution in [0.2, 0.25) is 0 Å². The molecule has 0 amide bonds. The average Bonchev–Trinajstić information content (AvgIpc) is 3.29. The molecular weight excluding hydrogens is 481 g/mol. The molecule has 196 valence electrons. The van der Waals surface area contributed by atoms with Crippen molar-refractivity contribution in [3.8, 4) is 0 Å². The molecule has 2 aliphatic carbocycles. The molecule has 0 saturated heterocycles. The van der Waals surface area contributed by atoms with Crippen molar-refractivity contribution < 1.29 is 37.3 Å². The van der Waals surface area contributed by atoms with Crippen molar-refractivity contribution in [2.24, 2.45) is 5.92 Å². The number of nitrogens with two attached hydrogens (primary N) is 1. The lowest BCUT2D eigenvalue weighted by molar-refractivity contribution is -0.230. The first-order chi connectivity index (χ1) is 16.8. The number of hydrogen-bond donors (Lipinski definition) is 1. The molecule has 14 heteroatoms. The van der Waals surface area contributed by atoms with Gasteiger partial charge in [0.05, 0.1) is 25.6 Å². The van der Waals surface area contributed by atoms with Gasteiger partial charge in [-0.1, -0.05) is 0 Å². The van der Waals surface area contributed by atoms with Crippen LogP contribution >= 0.6 is 7.60 Å². The van der Waals surface area contributed by atoms with Crippen LogP contribution in [-0.4, -0.2) is 84.2 Å². The predicted molar refractivity (Wildman–Crippen MR) is 125 cm³/mol. The first kappa shape index (κ1) is 26.4. The van der Waals surface area contributed by atoms with Crippen LogP contribution in [0.5, 0.6) is 0 Å². The lowest BCUT2D eigenvalue weighted by atomic mass is 9.91. The average molecular weight is 516 g/mol. The summed E-state index contributed by atoms with van der Waals surface area (Å²) in [6, 6.07) is -0.322. The Bertz CT molecular complexity index is 1060. The van der Waals surface area contributed by atoms with Gasteiger partial charge in [-0.2, -0.15) is 0 Å². The molecule has 2 N–H and O–H groups in total. The van der Waals surface area contributed by atoms with E-state index in [1.54, 1.807) is 34.4 Å². The van der Waals surface area contributed by atoms with Gasteiger partial charge in [-0.25, -0.2) is 15.0 Å². The molecule has 2 aromatic rings. The van der Waals surface area contributed by atoms with Crippen LogP contribution in [-0.2, 0) is 37.3 Å². The molecule has 35 heavy (non-hydrogen) atoms. The van der Waals surface area contributed by atoms with Crippen molar-refractivity contribution in [1.82, 2.24) is 19.5 Å². The van der Waals surface area contributed by atoms with Crippen LogP contribution in [0.3, 0.4) is 0 Å². The molecule has 1 unspecified atom stereocenters. The molecule has 2 aromatic heterocycles. The highest BCUT2D eigenvalue weighted by Crippen LogP contribution is 2.69. The Morgan fingerprint density at radius 2 is 1.83 bits per heavy atom. The summed E-state index contributed by atoms with van der Waals surface area (Å²) in [6.07, 6.45) is 2.87. The summed E-state index contributed by atoms with van der Waals surface area (Å²) in [5.74, 6) is 0.197. The molecule has 4 rings (SSSR count). The van der Waals surface area contributed by atoms with Gasteiger partial charge >= 0.3 is 7.60 Å². The van der Waals surface area contributed by atoms with Gasteiger partial charge in [0.2, 0.25) is 0 Å². The van der Waals surface area contributed by atoms with Gasteiger partial charge in [-0.3, -0.25) is 4.57 Å². The van der Waals surface area contributed by atoms with E-state index < -0.39 is 24.9 Å². The number of methoxy groups -OCH3 is 2. The second-order valence-corrected chi connectivity index (χ2v) is 10.7. The predicted octanol–water partition coefficient (Wildman–Crippen LogP) is 2.33. The lowest BCUT2D eigenvalue weighted by Crippen LogP contribution is -2.52. The second kappa shape index (κ2) is 10.3. The smallest absolute Gasteiger partial charge is 0.356 e. The number of nitrogen functional groups attached to an aromatic ring is 1. The standard InChI is InChI=1S/C21H34N5O8P/c1-6-33-35(27,34-7-2)13-32-21-8-14(21)16(20(3,31-12-29-5)19(21)30-11-28-4)26-10-25-15-17(22)23-9-24-18(15)26/h9-10,14,16,19H,6-8,11-13H2,1-5H3,(H2,22,23,24)/t14-,16-,19?,20+,21+/m1/s1. The highest BCUT2D eigenvalue weighted by Gasteiger charge is 2.79. The summed E-state index contributed by atoms with van der Waals surface area (Å²) >= 11 is 0. The summed E-state index contributed by atoms with van der Waals surface area (Å²) in [6.45, 7) is 5.94. The largest absolute Gasteiger partial charge is 0.382 e. The van der Waals surface area contributed by atoms with E-state index in [1.165, 1.54) is 6.33 Å². The number of aromatic nitrogens is 4. The highest BCUT2D eigenvalue weighted by atomic mass is 31.2. The maximum absolute atomic E-state index is 13.2. The molecule has 13 nitrogen and oxygen atoms in total. The van der Waals surface area contributed by atoms with Crippen molar-refractivity contribution >= 4 is 24.6 Å². The Morgan fingerprint density at radius 3 is 2.49 bits per heavy atom. The van der Waals surface area contributed by atoms with Gasteiger partial charge in [-0.15, -0.1) is 0 Å². The van der Waals surface area contributed by atoms with Gasteiger partial charge < -0.3 is 43.0 Å². The third kappa shape index (κ3) is 4.60. The molecule has 0 spiro atoms. The van der Waals surface area contributed by atoms with Crippen molar-refractivity contribution in [2.45, 2.75) is 50.5 Å². The van der Waals surface area contributed by atoms with Crippen molar-refractivity contribution in [3.05, 3.63) is 12.7 Å². The van der Waals surface area contributed by atoms with E-state index in [1.807, 2.05) is 11.5 Å². The van der Waals surface area contributed by atoms with E-state index in [2.05, 4.69) is 15.0 Å². The number of rotatable bonds is 14. The third-order valence-electron chi connectivity index (χ3n) is 6.61. The minimum atomic E-state index is -3.46. The van der Waals surface area contributed by atoms with E-state index >= 15 is 0 Å². The molecule has 2 saturated carbocycles. The highest BCUT2D eigenvalue weighted by molar-refractivity contribution is 7.53. The first-order valence-electron chi connectivity index (χ1n) is 11.5. The fourth-order valence-corrected chi connectivity index (χ4v) is 6.69. The molecule has 0 bridgehead atoms. The van der Waals surface area contributed by atoms with Gasteiger partial charge in [0.15, 0.2) is 11.5 Å². The number of hydrogen-bond acceptors (Lipinski definition) is 12. The Hall–Kier alpha value is -1.70. The molecule has 0 radical (unpaired) electrons. The minimum absolute atomic E-state index is 0.00945. The Kier molecular flexibility index (Phi) is 7.79. The summed E-state index contributed by atoms with van der Waals surface area (Å²) in [5.41, 5.74) is 5.31. The van der Waals surface area contributed by atoms with Crippen LogP contribution in [0, 0.1) is 5.92 Å².